The van der Waals surface area contributed by atoms with Gasteiger partial charge >= 0.3 is 0 Å². The van der Waals surface area contributed by atoms with Gasteiger partial charge in [-0.3, -0.25) is 4.79 Å². The van der Waals surface area contributed by atoms with Crippen LogP contribution in [0, 0.1) is 5.82 Å². The zero-order valence-corrected chi connectivity index (χ0v) is 14.7. The van der Waals surface area contributed by atoms with Crippen molar-refractivity contribution in [2.75, 3.05) is 23.3 Å². The average molecular weight is 362 g/mol. The van der Waals surface area contributed by atoms with Crippen molar-refractivity contribution in [3.8, 4) is 11.1 Å². The van der Waals surface area contributed by atoms with E-state index in [-0.39, 0.29) is 11.7 Å². The SMILES string of the molecule is O=C(Nc1ccc(F)cc1)c1cccc(-c2cnc(N3CCCC3)nc2)c1. The molecule has 1 aliphatic heterocycles. The lowest BCUT2D eigenvalue weighted by Gasteiger charge is -2.14. The van der Waals surface area contributed by atoms with Crippen LogP contribution in [-0.2, 0) is 0 Å². The van der Waals surface area contributed by atoms with Crippen LogP contribution in [0.5, 0.6) is 0 Å². The Labute approximate surface area is 156 Å². The lowest BCUT2D eigenvalue weighted by molar-refractivity contribution is 0.102. The van der Waals surface area contributed by atoms with E-state index < -0.39 is 0 Å². The first-order valence-electron chi connectivity index (χ1n) is 8.93. The number of hydrogen-bond donors (Lipinski definition) is 1. The Balaban J connectivity index is 1.51. The number of anilines is 2. The van der Waals surface area contributed by atoms with Gasteiger partial charge in [-0.25, -0.2) is 14.4 Å². The van der Waals surface area contributed by atoms with E-state index in [2.05, 4.69) is 20.2 Å². The number of halogens is 1. The quantitative estimate of drug-likeness (QED) is 0.758. The third kappa shape index (κ3) is 3.95. The number of nitrogens with zero attached hydrogens (tertiary/aromatic N) is 3. The van der Waals surface area contributed by atoms with Gasteiger partial charge in [-0.05, 0) is 54.8 Å². The maximum absolute atomic E-state index is 13.0. The summed E-state index contributed by atoms with van der Waals surface area (Å²) in [4.78, 5) is 23.6. The summed E-state index contributed by atoms with van der Waals surface area (Å²) in [6.45, 7) is 2.00. The molecular weight excluding hydrogens is 343 g/mol. The Kier molecular flexibility index (Phi) is 4.78. The van der Waals surface area contributed by atoms with Crippen molar-refractivity contribution in [2.45, 2.75) is 12.8 Å². The van der Waals surface area contributed by atoms with Crippen molar-refractivity contribution in [1.29, 1.82) is 0 Å². The van der Waals surface area contributed by atoms with Gasteiger partial charge in [-0.2, -0.15) is 0 Å². The zero-order valence-electron chi connectivity index (χ0n) is 14.7. The molecule has 27 heavy (non-hydrogen) atoms. The summed E-state index contributed by atoms with van der Waals surface area (Å²) in [6, 6.07) is 13.0. The Morgan fingerprint density at radius 1 is 0.963 bits per heavy atom. The number of carbonyl (C=O) groups is 1. The van der Waals surface area contributed by atoms with Crippen LogP contribution in [0.1, 0.15) is 23.2 Å². The van der Waals surface area contributed by atoms with Gasteiger partial charge in [0.1, 0.15) is 5.82 Å². The maximum atomic E-state index is 13.0. The predicted octanol–water partition coefficient (Wildman–Crippen LogP) is 4.14. The molecule has 2 aromatic carbocycles. The van der Waals surface area contributed by atoms with E-state index in [0.717, 1.165) is 30.2 Å². The average Bonchev–Trinajstić information content (AvgIpc) is 3.25. The molecule has 0 radical (unpaired) electrons. The van der Waals surface area contributed by atoms with E-state index in [1.54, 1.807) is 24.5 Å². The number of benzene rings is 2. The number of hydrogen-bond acceptors (Lipinski definition) is 4. The van der Waals surface area contributed by atoms with Gasteiger partial charge in [0, 0.05) is 42.3 Å². The third-order valence-corrected chi connectivity index (χ3v) is 4.59. The summed E-state index contributed by atoms with van der Waals surface area (Å²) in [5.41, 5.74) is 2.79. The Morgan fingerprint density at radius 3 is 2.37 bits per heavy atom. The number of amides is 1. The minimum Gasteiger partial charge on any atom is -0.341 e. The molecule has 1 saturated heterocycles. The fourth-order valence-corrected chi connectivity index (χ4v) is 3.13. The number of aromatic nitrogens is 2. The second-order valence-corrected chi connectivity index (χ2v) is 6.51. The van der Waals surface area contributed by atoms with E-state index in [4.69, 9.17) is 0 Å². The van der Waals surface area contributed by atoms with Gasteiger partial charge in [0.05, 0.1) is 0 Å². The van der Waals surface area contributed by atoms with Crippen molar-refractivity contribution in [1.82, 2.24) is 9.97 Å². The molecule has 0 spiro atoms. The highest BCUT2D eigenvalue weighted by Gasteiger charge is 2.15. The Hall–Kier alpha value is -3.28. The number of rotatable bonds is 4. The van der Waals surface area contributed by atoms with Crippen molar-refractivity contribution >= 4 is 17.5 Å². The normalized spacial score (nSPS) is 13.6. The van der Waals surface area contributed by atoms with Crippen LogP contribution in [0.4, 0.5) is 16.0 Å². The van der Waals surface area contributed by atoms with Crippen molar-refractivity contribution in [2.24, 2.45) is 0 Å². The molecule has 4 rings (SSSR count). The van der Waals surface area contributed by atoms with E-state index >= 15 is 0 Å². The zero-order chi connectivity index (χ0) is 18.6. The highest BCUT2D eigenvalue weighted by Crippen LogP contribution is 2.22. The molecule has 5 nitrogen and oxygen atoms in total. The van der Waals surface area contributed by atoms with E-state index in [1.807, 2.05) is 12.1 Å². The third-order valence-electron chi connectivity index (χ3n) is 4.59. The summed E-state index contributed by atoms with van der Waals surface area (Å²) in [6.07, 6.45) is 5.93. The van der Waals surface area contributed by atoms with Gasteiger partial charge in [0.15, 0.2) is 0 Å². The molecule has 1 aromatic heterocycles. The van der Waals surface area contributed by atoms with Crippen LogP contribution < -0.4 is 10.2 Å². The first kappa shape index (κ1) is 17.1. The highest BCUT2D eigenvalue weighted by atomic mass is 19.1. The summed E-state index contributed by atoms with van der Waals surface area (Å²) in [5.74, 6) is 0.159. The van der Waals surface area contributed by atoms with Crippen molar-refractivity contribution in [3.63, 3.8) is 0 Å². The summed E-state index contributed by atoms with van der Waals surface area (Å²) in [5, 5.41) is 2.77. The smallest absolute Gasteiger partial charge is 0.255 e. The van der Waals surface area contributed by atoms with E-state index in [0.29, 0.717) is 11.3 Å². The monoisotopic (exact) mass is 362 g/mol. The summed E-state index contributed by atoms with van der Waals surface area (Å²) < 4.78 is 13.0. The van der Waals surface area contributed by atoms with Gasteiger partial charge in [-0.15, -0.1) is 0 Å². The molecule has 2 heterocycles. The Morgan fingerprint density at radius 2 is 1.67 bits per heavy atom. The van der Waals surface area contributed by atoms with Gasteiger partial charge in [0.2, 0.25) is 5.95 Å². The van der Waals surface area contributed by atoms with E-state index in [1.165, 1.54) is 37.1 Å². The standard InChI is InChI=1S/C21H19FN4O/c22-18-6-8-19(9-7-18)25-20(27)16-5-3-4-15(12-16)17-13-23-21(24-14-17)26-10-1-2-11-26/h3-9,12-14H,1-2,10-11H2,(H,25,27). The van der Waals surface area contributed by atoms with Gasteiger partial charge in [-0.1, -0.05) is 12.1 Å². The van der Waals surface area contributed by atoms with Gasteiger partial charge < -0.3 is 10.2 Å². The first-order valence-corrected chi connectivity index (χ1v) is 8.93. The van der Waals surface area contributed by atoms with Gasteiger partial charge in [0.25, 0.3) is 5.91 Å². The van der Waals surface area contributed by atoms with Crippen LogP contribution in [0.25, 0.3) is 11.1 Å². The molecule has 3 aromatic rings. The van der Waals surface area contributed by atoms with Crippen LogP contribution in [-0.4, -0.2) is 29.0 Å². The lowest BCUT2D eigenvalue weighted by atomic mass is 10.1. The molecule has 1 fully saturated rings. The molecule has 1 N–H and O–H groups in total. The van der Waals surface area contributed by atoms with Crippen LogP contribution in [0.15, 0.2) is 60.9 Å². The molecule has 0 bridgehead atoms. The number of nitrogens with one attached hydrogen (secondary N) is 1. The largest absolute Gasteiger partial charge is 0.341 e. The summed E-state index contributed by atoms with van der Waals surface area (Å²) >= 11 is 0. The summed E-state index contributed by atoms with van der Waals surface area (Å²) in [7, 11) is 0. The fraction of sp³-hybridized carbons (Fsp3) is 0.190. The Bertz CT molecular complexity index is 935. The molecule has 0 aliphatic carbocycles. The van der Waals surface area contributed by atoms with Crippen LogP contribution in [0.2, 0.25) is 0 Å². The first-order chi connectivity index (χ1) is 13.2. The molecule has 6 heteroatoms. The predicted molar refractivity (Wildman–Crippen MR) is 103 cm³/mol. The van der Waals surface area contributed by atoms with E-state index in [9.17, 15) is 9.18 Å². The van der Waals surface area contributed by atoms with Crippen molar-refractivity contribution in [3.05, 3.63) is 72.3 Å². The van der Waals surface area contributed by atoms with Crippen molar-refractivity contribution < 1.29 is 9.18 Å². The molecule has 0 unspecified atom stereocenters. The highest BCUT2D eigenvalue weighted by molar-refractivity contribution is 6.04. The fourth-order valence-electron chi connectivity index (χ4n) is 3.13. The molecule has 136 valence electrons. The molecule has 1 aliphatic rings. The van der Waals surface area contributed by atoms with Crippen LogP contribution >= 0.6 is 0 Å². The minimum atomic E-state index is -0.340. The number of carbonyl (C=O) groups excluding carboxylic acids is 1. The maximum Gasteiger partial charge on any atom is 0.255 e. The molecule has 0 atom stereocenters. The lowest BCUT2D eigenvalue weighted by Crippen LogP contribution is -2.20. The molecule has 1 amide bonds. The second kappa shape index (κ2) is 7.53. The second-order valence-electron chi connectivity index (χ2n) is 6.51. The molecular formula is C21H19FN4O. The van der Waals surface area contributed by atoms with Crippen LogP contribution in [0.3, 0.4) is 0 Å². The topological polar surface area (TPSA) is 58.1 Å². The molecule has 0 saturated carbocycles. The minimum absolute atomic E-state index is 0.252.